The molecule has 3 heteroatoms. The summed E-state index contributed by atoms with van der Waals surface area (Å²) in [5.41, 5.74) is 1.60. The Hall–Kier alpha value is -1.79. The Bertz CT molecular complexity index is 493. The van der Waals surface area contributed by atoms with Gasteiger partial charge < -0.3 is 9.47 Å². The van der Waals surface area contributed by atoms with Gasteiger partial charge >= 0.3 is 5.97 Å². The molecule has 20 heavy (non-hydrogen) atoms. The molecule has 1 aromatic rings. The highest BCUT2D eigenvalue weighted by atomic mass is 16.5. The average molecular weight is 272 g/mol. The predicted octanol–water partition coefficient (Wildman–Crippen LogP) is 3.33. The van der Waals surface area contributed by atoms with Crippen LogP contribution in [0.5, 0.6) is 0 Å². The molecule has 1 aromatic carbocycles. The number of carbonyl (C=O) groups is 1. The molecule has 0 bridgehead atoms. The Kier molecular flexibility index (Phi) is 5.64. The van der Waals surface area contributed by atoms with Crippen molar-refractivity contribution in [3.8, 4) is 11.8 Å². The molecule has 1 aliphatic carbocycles. The van der Waals surface area contributed by atoms with Gasteiger partial charge in [0.05, 0.1) is 19.3 Å². The van der Waals surface area contributed by atoms with Gasteiger partial charge in [0.1, 0.15) is 6.10 Å². The fourth-order valence-corrected chi connectivity index (χ4v) is 2.15. The second-order valence-corrected chi connectivity index (χ2v) is 4.91. The normalized spacial score (nSPS) is 18.4. The molecular weight excluding hydrogens is 252 g/mol. The van der Waals surface area contributed by atoms with Crippen molar-refractivity contribution in [2.24, 2.45) is 0 Å². The van der Waals surface area contributed by atoms with E-state index < -0.39 is 0 Å². The van der Waals surface area contributed by atoms with Crippen LogP contribution in [0.3, 0.4) is 0 Å². The van der Waals surface area contributed by atoms with Crippen LogP contribution in [0.25, 0.3) is 0 Å². The van der Waals surface area contributed by atoms with Crippen LogP contribution in [0.15, 0.2) is 24.3 Å². The first-order valence-electron chi connectivity index (χ1n) is 7.07. The third-order valence-corrected chi connectivity index (χ3v) is 3.36. The Morgan fingerprint density at radius 3 is 2.80 bits per heavy atom. The van der Waals surface area contributed by atoms with Gasteiger partial charge in [0, 0.05) is 6.42 Å². The molecule has 2 rings (SSSR count). The maximum absolute atomic E-state index is 11.3. The third-order valence-electron chi connectivity index (χ3n) is 3.36. The molecule has 1 atom stereocenters. The van der Waals surface area contributed by atoms with Crippen LogP contribution in [0.2, 0.25) is 0 Å². The van der Waals surface area contributed by atoms with Crippen LogP contribution in [0, 0.1) is 11.8 Å². The molecule has 0 saturated heterocycles. The maximum Gasteiger partial charge on any atom is 0.337 e. The lowest BCUT2D eigenvalue weighted by Gasteiger charge is -2.14. The minimum atomic E-state index is -0.316. The standard InChI is InChI=1S/C17H20O3/c1-19-17(18)15-11-9-14(10-12-15)13-20-16-7-5-3-2-4-6-8-16/h9-12,16H,2-5,7,13H2,1H3. The zero-order valence-electron chi connectivity index (χ0n) is 11.9. The number of ether oxygens (including phenoxy) is 2. The number of rotatable bonds is 4. The highest BCUT2D eigenvalue weighted by molar-refractivity contribution is 5.89. The number of esters is 1. The van der Waals surface area contributed by atoms with Crippen LogP contribution in [-0.2, 0) is 16.1 Å². The predicted molar refractivity (Wildman–Crippen MR) is 77.2 cm³/mol. The molecule has 0 N–H and O–H groups in total. The average Bonchev–Trinajstić information content (AvgIpc) is 2.46. The molecule has 0 spiro atoms. The second-order valence-electron chi connectivity index (χ2n) is 4.91. The lowest BCUT2D eigenvalue weighted by molar-refractivity contribution is 0.0599. The first kappa shape index (κ1) is 14.6. The molecule has 0 fully saturated rings. The van der Waals surface area contributed by atoms with E-state index in [-0.39, 0.29) is 12.1 Å². The first-order chi connectivity index (χ1) is 9.79. The van der Waals surface area contributed by atoms with Crippen LogP contribution >= 0.6 is 0 Å². The van der Waals surface area contributed by atoms with Crippen molar-refractivity contribution in [2.75, 3.05) is 7.11 Å². The zero-order valence-corrected chi connectivity index (χ0v) is 11.9. The molecule has 106 valence electrons. The summed E-state index contributed by atoms with van der Waals surface area (Å²) >= 11 is 0. The Labute approximate surface area is 120 Å². The Morgan fingerprint density at radius 2 is 2.05 bits per heavy atom. The molecule has 0 heterocycles. The van der Waals surface area contributed by atoms with E-state index >= 15 is 0 Å². The summed E-state index contributed by atoms with van der Waals surface area (Å²) in [6.45, 7) is 0.529. The highest BCUT2D eigenvalue weighted by Gasteiger charge is 2.08. The zero-order chi connectivity index (χ0) is 14.2. The number of hydrogen-bond acceptors (Lipinski definition) is 3. The second kappa shape index (κ2) is 7.72. The summed E-state index contributed by atoms with van der Waals surface area (Å²) in [6, 6.07) is 7.30. The fraction of sp³-hybridized carbons (Fsp3) is 0.471. The van der Waals surface area contributed by atoms with Crippen molar-refractivity contribution in [3.63, 3.8) is 0 Å². The van der Waals surface area contributed by atoms with Gasteiger partial charge in [0.15, 0.2) is 0 Å². The van der Waals surface area contributed by atoms with Crippen LogP contribution in [0.4, 0.5) is 0 Å². The van der Waals surface area contributed by atoms with Crippen molar-refractivity contribution in [1.29, 1.82) is 0 Å². The Balaban J connectivity index is 1.88. The van der Waals surface area contributed by atoms with E-state index in [1.807, 2.05) is 12.1 Å². The summed E-state index contributed by atoms with van der Waals surface area (Å²) in [6.07, 6.45) is 5.65. The van der Waals surface area contributed by atoms with Crippen LogP contribution < -0.4 is 0 Å². The van der Waals surface area contributed by atoms with Gasteiger partial charge in [0.25, 0.3) is 0 Å². The number of hydrogen-bond donors (Lipinski definition) is 0. The van der Waals surface area contributed by atoms with Crippen LogP contribution in [0.1, 0.15) is 48.0 Å². The topological polar surface area (TPSA) is 35.5 Å². The smallest absolute Gasteiger partial charge is 0.337 e. The van der Waals surface area contributed by atoms with E-state index in [4.69, 9.17) is 4.74 Å². The lowest BCUT2D eigenvalue weighted by atomic mass is 10.1. The summed E-state index contributed by atoms with van der Waals surface area (Å²) in [5, 5.41) is 0. The van der Waals surface area contributed by atoms with Crippen molar-refractivity contribution in [2.45, 2.75) is 44.8 Å². The molecule has 0 amide bonds. The van der Waals surface area contributed by atoms with Crippen LogP contribution in [-0.4, -0.2) is 19.2 Å². The third kappa shape index (κ3) is 4.40. The summed E-state index contributed by atoms with van der Waals surface area (Å²) in [4.78, 5) is 11.3. The fourth-order valence-electron chi connectivity index (χ4n) is 2.15. The van der Waals surface area contributed by atoms with Gasteiger partial charge in [-0.3, -0.25) is 0 Å². The van der Waals surface area contributed by atoms with Crippen molar-refractivity contribution >= 4 is 5.97 Å². The number of methoxy groups -OCH3 is 1. The van der Waals surface area contributed by atoms with Gasteiger partial charge in [0.2, 0.25) is 0 Å². The van der Waals surface area contributed by atoms with E-state index in [1.54, 1.807) is 12.1 Å². The van der Waals surface area contributed by atoms with Gasteiger partial charge in [-0.2, -0.15) is 0 Å². The highest BCUT2D eigenvalue weighted by Crippen LogP contribution is 2.13. The quantitative estimate of drug-likeness (QED) is 0.623. The van der Waals surface area contributed by atoms with Crippen molar-refractivity contribution < 1.29 is 14.3 Å². The van der Waals surface area contributed by atoms with E-state index in [1.165, 1.54) is 26.4 Å². The van der Waals surface area contributed by atoms with E-state index in [0.717, 1.165) is 18.4 Å². The minimum Gasteiger partial charge on any atom is -0.465 e. The van der Waals surface area contributed by atoms with E-state index in [2.05, 4.69) is 16.6 Å². The molecule has 0 saturated carbocycles. The Morgan fingerprint density at radius 1 is 1.25 bits per heavy atom. The monoisotopic (exact) mass is 272 g/mol. The molecule has 0 aliphatic heterocycles. The SMILES string of the molecule is COC(=O)c1ccc(COC2C#CCCCCC2)cc1. The largest absolute Gasteiger partial charge is 0.465 e. The molecule has 1 unspecified atom stereocenters. The van der Waals surface area contributed by atoms with Gasteiger partial charge in [-0.1, -0.05) is 24.5 Å². The van der Waals surface area contributed by atoms with E-state index in [0.29, 0.717) is 12.2 Å². The number of benzene rings is 1. The van der Waals surface area contributed by atoms with E-state index in [9.17, 15) is 4.79 Å². The molecule has 0 aromatic heterocycles. The molecular formula is C17H20O3. The summed E-state index contributed by atoms with van der Waals surface area (Å²) in [5.74, 6) is 6.04. The van der Waals surface area contributed by atoms with Crippen molar-refractivity contribution in [3.05, 3.63) is 35.4 Å². The van der Waals surface area contributed by atoms with Gasteiger partial charge in [-0.05, 0) is 37.0 Å². The molecule has 0 radical (unpaired) electrons. The van der Waals surface area contributed by atoms with Gasteiger partial charge in [-0.25, -0.2) is 4.79 Å². The molecule has 1 aliphatic rings. The maximum atomic E-state index is 11.3. The van der Waals surface area contributed by atoms with Gasteiger partial charge in [-0.15, -0.1) is 5.92 Å². The summed E-state index contributed by atoms with van der Waals surface area (Å²) < 4.78 is 10.5. The minimum absolute atomic E-state index is 0.0376. The number of carbonyl (C=O) groups excluding carboxylic acids is 1. The van der Waals surface area contributed by atoms with Crippen molar-refractivity contribution in [1.82, 2.24) is 0 Å². The first-order valence-corrected chi connectivity index (χ1v) is 7.07. The summed E-state index contributed by atoms with van der Waals surface area (Å²) in [7, 11) is 1.38. The lowest BCUT2D eigenvalue weighted by Crippen LogP contribution is -2.11. The molecule has 3 nitrogen and oxygen atoms in total.